The molecule has 2 N–H and O–H groups in total. The predicted octanol–water partition coefficient (Wildman–Crippen LogP) is 4.06. The van der Waals surface area contributed by atoms with Crippen LogP contribution >= 0.6 is 0 Å². The summed E-state index contributed by atoms with van der Waals surface area (Å²) in [4.78, 5) is 1.88. The minimum absolute atomic E-state index is 0.270. The Kier molecular flexibility index (Phi) is 4.04. The second kappa shape index (κ2) is 5.59. The Bertz CT molecular complexity index is 607. The zero-order chi connectivity index (χ0) is 14.9. The maximum atomic E-state index is 13.7. The Morgan fingerprint density at radius 3 is 2.25 bits per heavy atom. The van der Waals surface area contributed by atoms with Crippen molar-refractivity contribution in [2.45, 2.75) is 19.9 Å². The lowest BCUT2D eigenvalue weighted by Gasteiger charge is -2.25. The first kappa shape index (κ1) is 14.5. The average Bonchev–Trinajstić information content (AvgIpc) is 2.41. The maximum absolute atomic E-state index is 13.7. The van der Waals surface area contributed by atoms with Crippen molar-refractivity contribution in [3.05, 3.63) is 59.2 Å². The van der Waals surface area contributed by atoms with Crippen molar-refractivity contribution in [2.24, 2.45) is 5.73 Å². The summed E-state index contributed by atoms with van der Waals surface area (Å²) in [7, 11) is 1.85. The lowest BCUT2D eigenvalue weighted by molar-refractivity contribution is 0.613. The highest BCUT2D eigenvalue weighted by Crippen LogP contribution is 2.32. The third-order valence-electron chi connectivity index (χ3n) is 3.37. The van der Waals surface area contributed by atoms with Gasteiger partial charge in [0, 0.05) is 24.5 Å². The van der Waals surface area contributed by atoms with Gasteiger partial charge in [-0.1, -0.05) is 0 Å². The van der Waals surface area contributed by atoms with Crippen LogP contribution in [0, 0.1) is 18.6 Å². The molecule has 0 aliphatic rings. The van der Waals surface area contributed by atoms with Crippen molar-refractivity contribution < 1.29 is 8.78 Å². The molecule has 0 saturated heterocycles. The first-order chi connectivity index (χ1) is 9.40. The van der Waals surface area contributed by atoms with Crippen molar-refractivity contribution >= 4 is 11.4 Å². The number of rotatable bonds is 3. The highest BCUT2D eigenvalue weighted by atomic mass is 19.1. The number of anilines is 2. The molecule has 2 rings (SSSR count). The van der Waals surface area contributed by atoms with Gasteiger partial charge in [-0.15, -0.1) is 0 Å². The average molecular weight is 276 g/mol. The van der Waals surface area contributed by atoms with Crippen LogP contribution in [-0.4, -0.2) is 7.05 Å². The molecule has 0 aliphatic carbocycles. The zero-order valence-corrected chi connectivity index (χ0v) is 11.8. The van der Waals surface area contributed by atoms with Gasteiger partial charge >= 0.3 is 0 Å². The lowest BCUT2D eigenvalue weighted by Crippen LogP contribution is -2.16. The number of aryl methyl sites for hydroxylation is 1. The van der Waals surface area contributed by atoms with Gasteiger partial charge in [-0.05, 0) is 61.4 Å². The van der Waals surface area contributed by atoms with Gasteiger partial charge in [0.2, 0.25) is 0 Å². The van der Waals surface area contributed by atoms with Crippen LogP contribution in [0.3, 0.4) is 0 Å². The van der Waals surface area contributed by atoms with E-state index in [0.29, 0.717) is 5.56 Å². The van der Waals surface area contributed by atoms with Crippen LogP contribution in [0.2, 0.25) is 0 Å². The third kappa shape index (κ3) is 2.80. The van der Waals surface area contributed by atoms with Gasteiger partial charge in [0.1, 0.15) is 11.6 Å². The minimum atomic E-state index is -0.289. The summed E-state index contributed by atoms with van der Waals surface area (Å²) in [6.07, 6.45) is 0. The van der Waals surface area contributed by atoms with Gasteiger partial charge in [-0.2, -0.15) is 0 Å². The molecular weight excluding hydrogens is 258 g/mol. The second-order valence-corrected chi connectivity index (χ2v) is 4.98. The Labute approximate surface area is 117 Å². The topological polar surface area (TPSA) is 29.3 Å². The Hall–Kier alpha value is -1.94. The van der Waals surface area contributed by atoms with E-state index in [-0.39, 0.29) is 17.7 Å². The van der Waals surface area contributed by atoms with E-state index >= 15 is 0 Å². The number of nitrogens with zero attached hydrogens (tertiary/aromatic N) is 1. The molecule has 4 heteroatoms. The molecule has 2 aromatic carbocycles. The number of benzene rings is 2. The summed E-state index contributed by atoms with van der Waals surface area (Å²) in [5.74, 6) is -0.557. The molecular formula is C16H18F2N2. The molecule has 0 heterocycles. The third-order valence-corrected chi connectivity index (χ3v) is 3.37. The summed E-state index contributed by atoms with van der Waals surface area (Å²) in [5, 5.41) is 0. The van der Waals surface area contributed by atoms with Gasteiger partial charge in [0.15, 0.2) is 0 Å². The Morgan fingerprint density at radius 1 is 1.10 bits per heavy atom. The fourth-order valence-electron chi connectivity index (χ4n) is 2.14. The van der Waals surface area contributed by atoms with Gasteiger partial charge in [-0.25, -0.2) is 8.78 Å². The van der Waals surface area contributed by atoms with E-state index in [9.17, 15) is 8.78 Å². The fraction of sp³-hybridized carbons (Fsp3) is 0.250. The highest BCUT2D eigenvalue weighted by molar-refractivity contribution is 5.67. The zero-order valence-electron chi connectivity index (χ0n) is 11.8. The van der Waals surface area contributed by atoms with E-state index in [2.05, 4.69) is 0 Å². The van der Waals surface area contributed by atoms with Crippen LogP contribution in [0.4, 0.5) is 20.2 Å². The lowest BCUT2D eigenvalue weighted by atomic mass is 10.0. The normalized spacial score (nSPS) is 12.3. The molecule has 0 amide bonds. The molecule has 0 spiro atoms. The molecule has 106 valence electrons. The largest absolute Gasteiger partial charge is 0.344 e. The first-order valence-corrected chi connectivity index (χ1v) is 6.45. The molecule has 2 nitrogen and oxygen atoms in total. The van der Waals surface area contributed by atoms with Crippen LogP contribution in [-0.2, 0) is 0 Å². The van der Waals surface area contributed by atoms with Crippen molar-refractivity contribution in [1.82, 2.24) is 0 Å². The summed E-state index contributed by atoms with van der Waals surface area (Å²) in [6.45, 7) is 3.52. The van der Waals surface area contributed by atoms with Crippen LogP contribution in [0.15, 0.2) is 36.4 Å². The minimum Gasteiger partial charge on any atom is -0.344 e. The predicted molar refractivity (Wildman–Crippen MR) is 78.2 cm³/mol. The molecule has 0 aliphatic heterocycles. The number of nitrogens with two attached hydrogens (primary N) is 1. The summed E-state index contributed by atoms with van der Waals surface area (Å²) in [5.41, 5.74) is 8.84. The molecule has 0 fully saturated rings. The fourth-order valence-corrected chi connectivity index (χ4v) is 2.14. The van der Waals surface area contributed by atoms with E-state index in [1.54, 1.807) is 25.1 Å². The van der Waals surface area contributed by atoms with Crippen LogP contribution in [0.1, 0.15) is 24.1 Å². The summed E-state index contributed by atoms with van der Waals surface area (Å²) in [6, 6.07) is 9.09. The summed E-state index contributed by atoms with van der Waals surface area (Å²) < 4.78 is 26.7. The van der Waals surface area contributed by atoms with Crippen LogP contribution in [0.25, 0.3) is 0 Å². The van der Waals surface area contributed by atoms with Crippen LogP contribution < -0.4 is 10.6 Å². The van der Waals surface area contributed by atoms with Gasteiger partial charge < -0.3 is 10.6 Å². The number of halogens is 2. The molecule has 2 aromatic rings. The molecule has 0 aromatic heterocycles. The highest BCUT2D eigenvalue weighted by Gasteiger charge is 2.15. The van der Waals surface area contributed by atoms with Gasteiger partial charge in [-0.3, -0.25) is 0 Å². The first-order valence-electron chi connectivity index (χ1n) is 6.45. The monoisotopic (exact) mass is 276 g/mol. The van der Waals surface area contributed by atoms with Crippen molar-refractivity contribution in [3.63, 3.8) is 0 Å². The quantitative estimate of drug-likeness (QED) is 0.916. The maximum Gasteiger partial charge on any atom is 0.126 e. The standard InChI is InChI=1S/C16H18F2N2/c1-10-8-16(14(11(2)19)9-15(10)18)20(3)13-6-4-12(17)5-7-13/h4-9,11H,19H2,1-3H3. The molecule has 0 bridgehead atoms. The van der Waals surface area contributed by atoms with Crippen molar-refractivity contribution in [1.29, 1.82) is 0 Å². The van der Waals surface area contributed by atoms with Crippen molar-refractivity contribution in [3.8, 4) is 0 Å². The smallest absolute Gasteiger partial charge is 0.126 e. The SMILES string of the molecule is Cc1cc(N(C)c2ccc(F)cc2)c(C(C)N)cc1F. The van der Waals surface area contributed by atoms with E-state index < -0.39 is 0 Å². The Balaban J connectivity index is 2.50. The molecule has 1 atom stereocenters. The molecule has 0 radical (unpaired) electrons. The second-order valence-electron chi connectivity index (χ2n) is 4.98. The van der Waals surface area contributed by atoms with Crippen molar-refractivity contribution in [2.75, 3.05) is 11.9 Å². The van der Waals surface area contributed by atoms with E-state index in [1.165, 1.54) is 18.2 Å². The van der Waals surface area contributed by atoms with E-state index in [0.717, 1.165) is 16.9 Å². The van der Waals surface area contributed by atoms with Crippen LogP contribution in [0.5, 0.6) is 0 Å². The Morgan fingerprint density at radius 2 is 1.70 bits per heavy atom. The van der Waals surface area contributed by atoms with Gasteiger partial charge in [0.25, 0.3) is 0 Å². The number of hydrogen-bond acceptors (Lipinski definition) is 2. The van der Waals surface area contributed by atoms with Gasteiger partial charge in [0.05, 0.1) is 0 Å². The molecule has 0 saturated carbocycles. The number of hydrogen-bond donors (Lipinski definition) is 1. The molecule has 20 heavy (non-hydrogen) atoms. The summed E-state index contributed by atoms with van der Waals surface area (Å²) >= 11 is 0. The van der Waals surface area contributed by atoms with E-state index in [4.69, 9.17) is 5.73 Å². The molecule has 1 unspecified atom stereocenters. The van der Waals surface area contributed by atoms with E-state index in [1.807, 2.05) is 18.9 Å².